The summed E-state index contributed by atoms with van der Waals surface area (Å²) < 4.78 is 2.45. The van der Waals surface area contributed by atoms with Crippen molar-refractivity contribution in [3.05, 3.63) is 108 Å². The first-order valence-corrected chi connectivity index (χ1v) is 12.6. The number of fused-ring (bicyclic) bond motifs is 4. The van der Waals surface area contributed by atoms with E-state index in [1.54, 1.807) is 0 Å². The van der Waals surface area contributed by atoms with Crippen molar-refractivity contribution in [1.82, 2.24) is 4.57 Å². The van der Waals surface area contributed by atoms with Crippen LogP contribution in [0.15, 0.2) is 97.1 Å². The number of para-hydroxylation sites is 3. The van der Waals surface area contributed by atoms with Gasteiger partial charge in [0.1, 0.15) is 0 Å². The van der Waals surface area contributed by atoms with Crippen LogP contribution in [0.25, 0.3) is 39.0 Å². The SMILES string of the molecule is CCn1c2ccccc2c2cccc(-c3ccc(C=CC4N(C)c5ccccc5C4(C)C)cc3)c21.I. The monoisotopic (exact) mass is 584 g/mol. The van der Waals surface area contributed by atoms with Crippen LogP contribution in [0.4, 0.5) is 5.69 Å². The lowest BCUT2D eigenvalue weighted by Gasteiger charge is -2.29. The minimum absolute atomic E-state index is 0. The number of likely N-dealkylation sites (N-methyl/N-ethyl adjacent to an activating group) is 1. The summed E-state index contributed by atoms with van der Waals surface area (Å²) in [5.41, 5.74) is 9.25. The fraction of sp³-hybridized carbons (Fsp3) is 0.212. The topological polar surface area (TPSA) is 8.17 Å². The molecule has 2 nitrogen and oxygen atoms in total. The van der Waals surface area contributed by atoms with Crippen molar-refractivity contribution in [1.29, 1.82) is 0 Å². The summed E-state index contributed by atoms with van der Waals surface area (Å²) in [6.07, 6.45) is 4.65. The van der Waals surface area contributed by atoms with Crippen molar-refractivity contribution >= 4 is 57.5 Å². The van der Waals surface area contributed by atoms with Crippen molar-refractivity contribution in [2.45, 2.75) is 38.8 Å². The molecule has 1 atom stereocenters. The fourth-order valence-electron chi connectivity index (χ4n) is 6.14. The Morgan fingerprint density at radius 3 is 2.25 bits per heavy atom. The highest BCUT2D eigenvalue weighted by Gasteiger charge is 2.41. The quantitative estimate of drug-likeness (QED) is 0.192. The van der Waals surface area contributed by atoms with Crippen LogP contribution >= 0.6 is 24.0 Å². The van der Waals surface area contributed by atoms with E-state index >= 15 is 0 Å². The Kier molecular flexibility index (Phi) is 6.46. The molecule has 0 amide bonds. The number of hydrogen-bond acceptors (Lipinski definition) is 1. The molecule has 0 fully saturated rings. The van der Waals surface area contributed by atoms with E-state index in [4.69, 9.17) is 0 Å². The summed E-state index contributed by atoms with van der Waals surface area (Å²) in [5.74, 6) is 0. The molecule has 6 rings (SSSR count). The van der Waals surface area contributed by atoms with Crippen LogP contribution in [0.5, 0.6) is 0 Å². The van der Waals surface area contributed by atoms with Gasteiger partial charge in [0.25, 0.3) is 0 Å². The van der Waals surface area contributed by atoms with Crippen LogP contribution in [0.3, 0.4) is 0 Å². The summed E-state index contributed by atoms with van der Waals surface area (Å²) in [6, 6.07) is 33.6. The normalized spacial score (nSPS) is 16.6. The minimum atomic E-state index is 0. The zero-order valence-corrected chi connectivity index (χ0v) is 23.7. The van der Waals surface area contributed by atoms with Gasteiger partial charge in [-0.25, -0.2) is 0 Å². The van der Waals surface area contributed by atoms with Crippen LogP contribution < -0.4 is 4.90 Å². The highest BCUT2D eigenvalue weighted by molar-refractivity contribution is 14.0. The van der Waals surface area contributed by atoms with E-state index in [2.05, 4.69) is 140 Å². The molecule has 0 aliphatic carbocycles. The molecule has 1 aliphatic rings. The minimum Gasteiger partial charge on any atom is -0.367 e. The molecule has 0 spiro atoms. The molecular formula is C33H33IN2. The Morgan fingerprint density at radius 1 is 0.806 bits per heavy atom. The van der Waals surface area contributed by atoms with E-state index in [1.807, 2.05) is 0 Å². The van der Waals surface area contributed by atoms with Gasteiger partial charge in [-0.2, -0.15) is 0 Å². The number of anilines is 1. The lowest BCUT2D eigenvalue weighted by atomic mass is 9.80. The van der Waals surface area contributed by atoms with Crippen molar-refractivity contribution in [2.75, 3.05) is 11.9 Å². The first-order valence-electron chi connectivity index (χ1n) is 12.6. The Balaban J connectivity index is 0.00000267. The Labute approximate surface area is 231 Å². The molecule has 4 aromatic carbocycles. The van der Waals surface area contributed by atoms with E-state index in [0.717, 1.165) is 6.54 Å². The third-order valence-electron chi connectivity index (χ3n) is 7.93. The molecule has 2 heterocycles. The molecule has 1 unspecified atom stereocenters. The zero-order chi connectivity index (χ0) is 24.2. The Bertz CT molecular complexity index is 1570. The predicted octanol–water partition coefficient (Wildman–Crippen LogP) is 8.91. The van der Waals surface area contributed by atoms with E-state index in [0.29, 0.717) is 6.04 Å². The fourth-order valence-corrected chi connectivity index (χ4v) is 6.14. The first kappa shape index (κ1) is 24.6. The molecule has 0 saturated heterocycles. The van der Waals surface area contributed by atoms with Gasteiger partial charge in [0, 0.05) is 46.5 Å². The Hall–Kier alpha value is -3.05. The van der Waals surface area contributed by atoms with Crippen molar-refractivity contribution < 1.29 is 0 Å². The molecule has 0 saturated carbocycles. The lowest BCUT2D eigenvalue weighted by Crippen LogP contribution is -2.37. The molecule has 1 aromatic heterocycles. The van der Waals surface area contributed by atoms with Crippen molar-refractivity contribution in [3.8, 4) is 11.1 Å². The molecule has 0 radical (unpaired) electrons. The van der Waals surface area contributed by atoms with Gasteiger partial charge in [0.2, 0.25) is 0 Å². The van der Waals surface area contributed by atoms with E-state index in [1.165, 1.54) is 49.7 Å². The van der Waals surface area contributed by atoms with Gasteiger partial charge in [-0.3, -0.25) is 0 Å². The summed E-state index contributed by atoms with van der Waals surface area (Å²) in [6.45, 7) is 7.88. The number of aromatic nitrogens is 1. The average molecular weight is 585 g/mol. The van der Waals surface area contributed by atoms with Crippen molar-refractivity contribution in [3.63, 3.8) is 0 Å². The molecule has 182 valence electrons. The standard InChI is InChI=1S/C33H32N2.HI/c1-5-35-29-15-8-6-11-26(29)27-13-10-12-25(32(27)35)24-20-17-23(18-21-24)19-22-31-33(2,3)28-14-7-9-16-30(28)34(31)4;/h6-22,31H,5H2,1-4H3;1H. The van der Waals surface area contributed by atoms with Gasteiger partial charge < -0.3 is 9.47 Å². The lowest BCUT2D eigenvalue weighted by molar-refractivity contribution is 0.489. The van der Waals surface area contributed by atoms with Crippen molar-refractivity contribution in [2.24, 2.45) is 0 Å². The van der Waals surface area contributed by atoms with E-state index < -0.39 is 0 Å². The second-order valence-corrected chi connectivity index (χ2v) is 10.2. The van der Waals surface area contributed by atoms with E-state index in [-0.39, 0.29) is 29.4 Å². The summed E-state index contributed by atoms with van der Waals surface area (Å²) in [7, 11) is 2.21. The summed E-state index contributed by atoms with van der Waals surface area (Å²) in [4.78, 5) is 2.41. The number of halogens is 1. The summed E-state index contributed by atoms with van der Waals surface area (Å²) >= 11 is 0. The molecule has 0 bridgehead atoms. The van der Waals surface area contributed by atoms with Crippen LogP contribution in [-0.4, -0.2) is 17.7 Å². The Morgan fingerprint density at radius 2 is 1.50 bits per heavy atom. The molecule has 36 heavy (non-hydrogen) atoms. The van der Waals surface area contributed by atoms with Crippen LogP contribution in [0, 0.1) is 0 Å². The average Bonchev–Trinajstić information content (AvgIpc) is 3.32. The van der Waals surface area contributed by atoms with Gasteiger partial charge in [-0.05, 0) is 35.7 Å². The molecule has 1 aliphatic heterocycles. The van der Waals surface area contributed by atoms with Gasteiger partial charge in [0.05, 0.1) is 11.6 Å². The number of aryl methyl sites for hydroxylation is 1. The predicted molar refractivity (Wildman–Crippen MR) is 167 cm³/mol. The second-order valence-electron chi connectivity index (χ2n) is 10.2. The smallest absolute Gasteiger partial charge is 0.0570 e. The van der Waals surface area contributed by atoms with Crippen LogP contribution in [0.1, 0.15) is 31.9 Å². The van der Waals surface area contributed by atoms with Gasteiger partial charge in [0.15, 0.2) is 0 Å². The van der Waals surface area contributed by atoms with Crippen LogP contribution in [0.2, 0.25) is 0 Å². The third kappa shape index (κ3) is 3.76. The van der Waals surface area contributed by atoms with Crippen LogP contribution in [-0.2, 0) is 12.0 Å². The highest BCUT2D eigenvalue weighted by Crippen LogP contribution is 2.44. The molecular weight excluding hydrogens is 551 g/mol. The molecule has 3 heteroatoms. The highest BCUT2D eigenvalue weighted by atomic mass is 127. The summed E-state index contributed by atoms with van der Waals surface area (Å²) in [5, 5.41) is 2.66. The van der Waals surface area contributed by atoms with Gasteiger partial charge >= 0.3 is 0 Å². The maximum Gasteiger partial charge on any atom is 0.0570 e. The molecule has 5 aromatic rings. The largest absolute Gasteiger partial charge is 0.367 e. The maximum absolute atomic E-state index is 2.45. The maximum atomic E-state index is 2.45. The number of hydrogen-bond donors (Lipinski definition) is 0. The first-order chi connectivity index (χ1) is 17.0. The third-order valence-corrected chi connectivity index (χ3v) is 7.93. The van der Waals surface area contributed by atoms with E-state index in [9.17, 15) is 0 Å². The zero-order valence-electron chi connectivity index (χ0n) is 21.4. The van der Waals surface area contributed by atoms with Gasteiger partial charge in [-0.1, -0.05) is 105 Å². The number of rotatable bonds is 4. The molecule has 0 N–H and O–H groups in total. The number of benzene rings is 4. The van der Waals surface area contributed by atoms with Gasteiger partial charge in [-0.15, -0.1) is 24.0 Å². The number of nitrogens with zero attached hydrogens (tertiary/aromatic N) is 2. The second kappa shape index (κ2) is 9.44.